The summed E-state index contributed by atoms with van der Waals surface area (Å²) < 4.78 is 0. The van der Waals surface area contributed by atoms with Gasteiger partial charge in [0.15, 0.2) is 11.6 Å². The highest BCUT2D eigenvalue weighted by Crippen LogP contribution is 2.59. The van der Waals surface area contributed by atoms with Gasteiger partial charge in [-0.1, -0.05) is 94.3 Å². The van der Waals surface area contributed by atoms with Crippen molar-refractivity contribution in [1.82, 2.24) is 0 Å². The number of anilines is 2. The quantitative estimate of drug-likeness (QED) is 0.330. The van der Waals surface area contributed by atoms with Crippen LogP contribution < -0.4 is 10.2 Å². The number of nitrogens with one attached hydrogen (secondary N) is 1. The van der Waals surface area contributed by atoms with E-state index < -0.39 is 28.8 Å². The molecule has 5 nitrogen and oxygen atoms in total. The molecule has 6 heteroatoms. The van der Waals surface area contributed by atoms with E-state index in [0.29, 0.717) is 16.3 Å². The molecule has 3 heterocycles. The van der Waals surface area contributed by atoms with Gasteiger partial charge < -0.3 is 10.2 Å². The lowest BCUT2D eigenvalue weighted by atomic mass is 9.63. The van der Waals surface area contributed by atoms with Crippen molar-refractivity contribution in [3.05, 3.63) is 100 Å². The molecule has 1 saturated heterocycles. The molecule has 0 radical (unpaired) electrons. The van der Waals surface area contributed by atoms with Crippen LogP contribution in [-0.4, -0.2) is 29.6 Å². The number of hydrogen-bond acceptors (Lipinski definition) is 4. The molecular weight excluding hydrogens is 532 g/mol. The summed E-state index contributed by atoms with van der Waals surface area (Å²) in [5, 5.41) is 3.68. The summed E-state index contributed by atoms with van der Waals surface area (Å²) in [4.78, 5) is 45.9. The number of carbonyl (C=O) groups is 3. The normalized spacial score (nSPS) is 24.4. The predicted octanol–water partition coefficient (Wildman–Crippen LogP) is 7.27. The summed E-state index contributed by atoms with van der Waals surface area (Å²) in [6.45, 7) is 9.77. The maximum atomic E-state index is 14.9. The zero-order valence-corrected chi connectivity index (χ0v) is 24.9. The Hall–Kier alpha value is -3.70. The Labute approximate surface area is 246 Å². The number of fused-ring (bicyclic) bond motifs is 6. The van der Waals surface area contributed by atoms with E-state index in [1.165, 1.54) is 0 Å². The van der Waals surface area contributed by atoms with E-state index in [1.54, 1.807) is 0 Å². The first-order valence-electron chi connectivity index (χ1n) is 14.3. The molecule has 0 saturated carbocycles. The minimum absolute atomic E-state index is 0.0774. The standard InChI is InChI=1S/C35H35ClN2O3/c1-6-9-21-12-14-22(15-13-21)31(39)29-30(32(40)34(3,4)5)38-27-17-16-23(36)19-24(27)20(2)18-28(38)35(29)25-10-7-8-11-26(25)37-33(35)41/h7-8,10-19,28-30H,6,9H2,1-5H3,(H,37,41)/t28-,29+,30+,35+/m1/s1. The van der Waals surface area contributed by atoms with E-state index in [4.69, 9.17) is 11.6 Å². The Balaban J connectivity index is 1.66. The fourth-order valence-electron chi connectivity index (χ4n) is 7.15. The third-order valence-corrected chi connectivity index (χ3v) is 9.24. The average Bonchev–Trinajstić information content (AvgIpc) is 3.40. The number of aryl methyl sites for hydroxylation is 1. The zero-order valence-electron chi connectivity index (χ0n) is 24.1. The van der Waals surface area contributed by atoms with Crippen molar-refractivity contribution in [2.24, 2.45) is 11.3 Å². The van der Waals surface area contributed by atoms with Gasteiger partial charge in [-0.25, -0.2) is 0 Å². The molecule has 210 valence electrons. The van der Waals surface area contributed by atoms with Crippen molar-refractivity contribution in [2.45, 2.75) is 65.0 Å². The largest absolute Gasteiger partial charge is 0.352 e. The molecule has 4 atom stereocenters. The van der Waals surface area contributed by atoms with Gasteiger partial charge in [0.05, 0.1) is 12.0 Å². The minimum Gasteiger partial charge on any atom is -0.352 e. The second kappa shape index (κ2) is 9.70. The Morgan fingerprint density at radius 1 is 1.02 bits per heavy atom. The molecule has 3 aromatic carbocycles. The lowest BCUT2D eigenvalue weighted by Gasteiger charge is -2.40. The molecular formula is C35H35ClN2O3. The summed E-state index contributed by atoms with van der Waals surface area (Å²) in [5.41, 5.74) is 3.71. The first-order valence-corrected chi connectivity index (χ1v) is 14.7. The third-order valence-electron chi connectivity index (χ3n) is 9.01. The molecule has 3 aliphatic rings. The van der Waals surface area contributed by atoms with Gasteiger partial charge >= 0.3 is 0 Å². The van der Waals surface area contributed by atoms with Crippen LogP contribution in [0.3, 0.4) is 0 Å². The zero-order chi connectivity index (χ0) is 29.3. The third kappa shape index (κ3) is 4.00. The lowest BCUT2D eigenvalue weighted by Crippen LogP contribution is -2.51. The van der Waals surface area contributed by atoms with Crippen molar-refractivity contribution in [2.75, 3.05) is 10.2 Å². The van der Waals surface area contributed by atoms with Gasteiger partial charge in [-0.15, -0.1) is 0 Å². The molecule has 3 aromatic rings. The molecule has 6 rings (SSSR count). The minimum atomic E-state index is -1.31. The van der Waals surface area contributed by atoms with Gasteiger partial charge in [0.1, 0.15) is 11.5 Å². The van der Waals surface area contributed by atoms with Gasteiger partial charge in [-0.2, -0.15) is 0 Å². The lowest BCUT2D eigenvalue weighted by molar-refractivity contribution is -0.128. The van der Waals surface area contributed by atoms with Crippen molar-refractivity contribution in [1.29, 1.82) is 0 Å². The molecule has 1 N–H and O–H groups in total. The molecule has 0 aliphatic carbocycles. The van der Waals surface area contributed by atoms with E-state index in [0.717, 1.165) is 40.8 Å². The highest BCUT2D eigenvalue weighted by molar-refractivity contribution is 6.31. The SMILES string of the molecule is CCCc1ccc(C(=O)[C@@H]2[C@@H](C(=O)C(C)(C)C)N3c4ccc(Cl)cc4C(C)=C[C@@H]3[C@]23C(=O)Nc2ccccc23)cc1. The number of amides is 1. The monoisotopic (exact) mass is 566 g/mol. The number of rotatable bonds is 5. The van der Waals surface area contributed by atoms with Crippen LogP contribution in [0, 0.1) is 11.3 Å². The Morgan fingerprint density at radius 3 is 2.41 bits per heavy atom. The number of ketones is 2. The van der Waals surface area contributed by atoms with Crippen molar-refractivity contribution in [3.8, 4) is 0 Å². The maximum Gasteiger partial charge on any atom is 0.238 e. The van der Waals surface area contributed by atoms with E-state index in [-0.39, 0.29) is 17.5 Å². The number of carbonyl (C=O) groups excluding carboxylic acids is 3. The summed E-state index contributed by atoms with van der Waals surface area (Å²) in [6.07, 6.45) is 3.98. The van der Waals surface area contributed by atoms with E-state index in [2.05, 4.69) is 18.3 Å². The second-order valence-electron chi connectivity index (χ2n) is 12.6. The van der Waals surface area contributed by atoms with Crippen LogP contribution >= 0.6 is 11.6 Å². The molecule has 0 aromatic heterocycles. The fourth-order valence-corrected chi connectivity index (χ4v) is 7.32. The van der Waals surface area contributed by atoms with Crippen LogP contribution in [0.1, 0.15) is 68.1 Å². The number of allylic oxidation sites excluding steroid dienone is 1. The number of benzene rings is 3. The molecule has 41 heavy (non-hydrogen) atoms. The molecule has 1 amide bonds. The van der Waals surface area contributed by atoms with Gasteiger partial charge in [-0.05, 0) is 54.3 Å². The van der Waals surface area contributed by atoms with Crippen LogP contribution in [0.5, 0.6) is 0 Å². The molecule has 1 fully saturated rings. The first kappa shape index (κ1) is 27.5. The van der Waals surface area contributed by atoms with Crippen LogP contribution in [-0.2, 0) is 21.4 Å². The molecule has 0 bridgehead atoms. The van der Waals surface area contributed by atoms with E-state index >= 15 is 0 Å². The van der Waals surface area contributed by atoms with Crippen molar-refractivity contribution < 1.29 is 14.4 Å². The van der Waals surface area contributed by atoms with E-state index in [1.807, 2.05) is 99.3 Å². The van der Waals surface area contributed by atoms with Gasteiger partial charge in [-0.3, -0.25) is 14.4 Å². The van der Waals surface area contributed by atoms with Crippen molar-refractivity contribution in [3.63, 3.8) is 0 Å². The number of halogens is 1. The molecule has 3 aliphatic heterocycles. The highest BCUT2D eigenvalue weighted by Gasteiger charge is 2.71. The summed E-state index contributed by atoms with van der Waals surface area (Å²) in [5.74, 6) is -1.48. The highest BCUT2D eigenvalue weighted by atomic mass is 35.5. The summed E-state index contributed by atoms with van der Waals surface area (Å²) in [6, 6.07) is 19.5. The number of nitrogens with zero attached hydrogens (tertiary/aromatic N) is 1. The number of Topliss-reactive ketones (excluding diaryl/α,β-unsaturated/α-hetero) is 2. The van der Waals surface area contributed by atoms with Crippen molar-refractivity contribution >= 4 is 46.0 Å². The topological polar surface area (TPSA) is 66.5 Å². The molecule has 0 unspecified atom stereocenters. The average molecular weight is 567 g/mol. The van der Waals surface area contributed by atoms with Gasteiger partial charge in [0.2, 0.25) is 5.91 Å². The smallest absolute Gasteiger partial charge is 0.238 e. The number of para-hydroxylation sites is 1. The fraction of sp³-hybridized carbons (Fsp3) is 0.343. The van der Waals surface area contributed by atoms with Crippen LogP contribution in [0.2, 0.25) is 5.02 Å². The summed E-state index contributed by atoms with van der Waals surface area (Å²) in [7, 11) is 0. The Bertz CT molecular complexity index is 1620. The maximum absolute atomic E-state index is 14.9. The first-order chi connectivity index (χ1) is 19.5. The van der Waals surface area contributed by atoms with Crippen LogP contribution in [0.25, 0.3) is 5.57 Å². The molecule has 1 spiro atoms. The predicted molar refractivity (Wildman–Crippen MR) is 165 cm³/mol. The second-order valence-corrected chi connectivity index (χ2v) is 13.0. The van der Waals surface area contributed by atoms with Gasteiger partial charge in [0, 0.05) is 32.9 Å². The summed E-state index contributed by atoms with van der Waals surface area (Å²) >= 11 is 6.43. The number of hydrogen-bond donors (Lipinski definition) is 1. The van der Waals surface area contributed by atoms with Crippen LogP contribution in [0.4, 0.5) is 11.4 Å². The Kier molecular flexibility index (Phi) is 6.50. The van der Waals surface area contributed by atoms with E-state index in [9.17, 15) is 14.4 Å². The Morgan fingerprint density at radius 2 is 1.73 bits per heavy atom. The van der Waals surface area contributed by atoms with Crippen LogP contribution in [0.15, 0.2) is 72.8 Å². The van der Waals surface area contributed by atoms with Gasteiger partial charge in [0.25, 0.3) is 0 Å².